The minimum absolute atomic E-state index is 0.328. The normalized spacial score (nSPS) is 10.4. The fraction of sp³-hybridized carbons (Fsp3) is 0.0769. The summed E-state index contributed by atoms with van der Waals surface area (Å²) in [4.78, 5) is 0. The van der Waals surface area contributed by atoms with Gasteiger partial charge >= 0.3 is 0 Å². The zero-order valence-electron chi connectivity index (χ0n) is 9.29. The largest absolute Gasteiger partial charge is 0.456 e. The van der Waals surface area contributed by atoms with Crippen LogP contribution in [0, 0.1) is 5.82 Å². The Morgan fingerprint density at radius 3 is 2.61 bits per heavy atom. The van der Waals surface area contributed by atoms with E-state index in [1.54, 1.807) is 24.3 Å². The van der Waals surface area contributed by atoms with Crippen molar-refractivity contribution < 1.29 is 9.13 Å². The van der Waals surface area contributed by atoms with Gasteiger partial charge in [0.15, 0.2) is 0 Å². The molecule has 2 rings (SSSR count). The van der Waals surface area contributed by atoms with E-state index in [-0.39, 0.29) is 5.82 Å². The van der Waals surface area contributed by atoms with Crippen LogP contribution in [0.25, 0.3) is 0 Å². The van der Waals surface area contributed by atoms with E-state index in [0.29, 0.717) is 27.5 Å². The molecule has 0 radical (unpaired) electrons. The third-order valence-corrected chi connectivity index (χ3v) is 3.34. The second-order valence-corrected chi connectivity index (χ2v) is 4.90. The minimum atomic E-state index is -0.328. The van der Waals surface area contributed by atoms with Crippen molar-refractivity contribution in [2.45, 2.75) is 6.54 Å². The monoisotopic (exact) mass is 329 g/mol. The third-order valence-electron chi connectivity index (χ3n) is 2.37. The van der Waals surface area contributed by atoms with E-state index in [1.807, 2.05) is 0 Å². The Hall–Kier alpha value is -1.10. The van der Waals surface area contributed by atoms with Gasteiger partial charge in [0.1, 0.15) is 17.3 Å². The van der Waals surface area contributed by atoms with Crippen molar-refractivity contribution in [2.24, 2.45) is 5.73 Å². The summed E-state index contributed by atoms with van der Waals surface area (Å²) in [6, 6.07) is 9.46. The van der Waals surface area contributed by atoms with Gasteiger partial charge in [-0.1, -0.05) is 17.7 Å². The van der Waals surface area contributed by atoms with Crippen molar-refractivity contribution in [2.75, 3.05) is 0 Å². The molecule has 0 saturated heterocycles. The van der Waals surface area contributed by atoms with E-state index < -0.39 is 0 Å². The standard InChI is InChI=1S/C13H10BrClFNO/c14-11-5-9(16)2-4-13(11)18-10-3-1-8(7-17)12(15)6-10/h1-6H,7,17H2. The second kappa shape index (κ2) is 5.69. The Labute approximate surface area is 118 Å². The molecule has 0 saturated carbocycles. The average Bonchev–Trinajstić information content (AvgIpc) is 2.33. The highest BCUT2D eigenvalue weighted by molar-refractivity contribution is 9.10. The zero-order chi connectivity index (χ0) is 13.1. The van der Waals surface area contributed by atoms with Crippen LogP contribution >= 0.6 is 27.5 Å². The summed E-state index contributed by atoms with van der Waals surface area (Å²) < 4.78 is 19.1. The summed E-state index contributed by atoms with van der Waals surface area (Å²) in [5.74, 6) is 0.767. The second-order valence-electron chi connectivity index (χ2n) is 3.63. The molecule has 0 atom stereocenters. The maximum absolute atomic E-state index is 12.9. The van der Waals surface area contributed by atoms with Crippen molar-refractivity contribution >= 4 is 27.5 Å². The molecule has 0 bridgehead atoms. The van der Waals surface area contributed by atoms with Crippen LogP contribution in [-0.2, 0) is 6.54 Å². The van der Waals surface area contributed by atoms with Gasteiger partial charge in [-0.2, -0.15) is 0 Å². The Morgan fingerprint density at radius 2 is 2.00 bits per heavy atom. The highest BCUT2D eigenvalue weighted by atomic mass is 79.9. The lowest BCUT2D eigenvalue weighted by molar-refractivity contribution is 0.477. The van der Waals surface area contributed by atoms with Crippen LogP contribution in [0.15, 0.2) is 40.9 Å². The highest BCUT2D eigenvalue weighted by Crippen LogP contribution is 2.32. The first-order chi connectivity index (χ1) is 8.60. The first kappa shape index (κ1) is 13.3. The molecule has 2 nitrogen and oxygen atoms in total. The maximum atomic E-state index is 12.9. The van der Waals surface area contributed by atoms with Crippen molar-refractivity contribution in [3.63, 3.8) is 0 Å². The third kappa shape index (κ3) is 3.02. The molecule has 18 heavy (non-hydrogen) atoms. The fourth-order valence-corrected chi connectivity index (χ4v) is 2.12. The number of nitrogens with two attached hydrogens (primary N) is 1. The van der Waals surface area contributed by atoms with E-state index >= 15 is 0 Å². The highest BCUT2D eigenvalue weighted by Gasteiger charge is 2.06. The van der Waals surface area contributed by atoms with Crippen LogP contribution in [0.2, 0.25) is 5.02 Å². The predicted octanol–water partition coefficient (Wildman–Crippen LogP) is 4.49. The zero-order valence-corrected chi connectivity index (χ0v) is 11.6. The van der Waals surface area contributed by atoms with Crippen molar-refractivity contribution in [1.29, 1.82) is 0 Å². The lowest BCUT2D eigenvalue weighted by atomic mass is 10.2. The number of halogens is 3. The van der Waals surface area contributed by atoms with E-state index in [1.165, 1.54) is 12.1 Å². The molecule has 0 unspecified atom stereocenters. The summed E-state index contributed by atoms with van der Waals surface area (Å²) >= 11 is 9.26. The quantitative estimate of drug-likeness (QED) is 0.899. The molecule has 0 fully saturated rings. The molecule has 0 amide bonds. The summed E-state index contributed by atoms with van der Waals surface area (Å²) in [5.41, 5.74) is 6.37. The predicted molar refractivity (Wildman–Crippen MR) is 73.5 cm³/mol. The first-order valence-corrected chi connectivity index (χ1v) is 6.38. The smallest absolute Gasteiger partial charge is 0.141 e. The molecule has 2 aromatic carbocycles. The number of benzene rings is 2. The van der Waals surface area contributed by atoms with E-state index in [2.05, 4.69) is 15.9 Å². The van der Waals surface area contributed by atoms with Gasteiger partial charge in [-0.15, -0.1) is 0 Å². The fourth-order valence-electron chi connectivity index (χ4n) is 1.44. The lowest BCUT2D eigenvalue weighted by Crippen LogP contribution is -1.97. The Kier molecular flexibility index (Phi) is 4.22. The SMILES string of the molecule is NCc1ccc(Oc2ccc(F)cc2Br)cc1Cl. The van der Waals surface area contributed by atoms with E-state index in [0.717, 1.165) is 5.56 Å². The van der Waals surface area contributed by atoms with Crippen LogP contribution < -0.4 is 10.5 Å². The maximum Gasteiger partial charge on any atom is 0.141 e. The van der Waals surface area contributed by atoms with Gasteiger partial charge in [0.2, 0.25) is 0 Å². The molecule has 0 aliphatic heterocycles. The summed E-state index contributed by atoms with van der Waals surface area (Å²) in [6.45, 7) is 0.374. The van der Waals surface area contributed by atoms with Gasteiger partial charge in [0.25, 0.3) is 0 Å². The Bertz CT molecular complexity index is 577. The lowest BCUT2D eigenvalue weighted by Gasteiger charge is -2.09. The van der Waals surface area contributed by atoms with Gasteiger partial charge in [0.05, 0.1) is 4.47 Å². The number of ether oxygens (including phenoxy) is 1. The van der Waals surface area contributed by atoms with Crippen molar-refractivity contribution in [3.05, 3.63) is 57.3 Å². The van der Waals surface area contributed by atoms with Crippen LogP contribution in [-0.4, -0.2) is 0 Å². The molecular formula is C13H10BrClFNO. The Morgan fingerprint density at radius 1 is 1.22 bits per heavy atom. The summed E-state index contributed by atoms with van der Waals surface area (Å²) in [7, 11) is 0. The van der Waals surface area contributed by atoms with Gasteiger partial charge < -0.3 is 10.5 Å². The Balaban J connectivity index is 2.26. The molecule has 0 aliphatic carbocycles. The average molecular weight is 331 g/mol. The topological polar surface area (TPSA) is 35.2 Å². The molecule has 2 aromatic rings. The molecule has 0 aliphatic rings. The molecule has 2 N–H and O–H groups in total. The van der Waals surface area contributed by atoms with Crippen LogP contribution in [0.5, 0.6) is 11.5 Å². The summed E-state index contributed by atoms with van der Waals surface area (Å²) in [6.07, 6.45) is 0. The van der Waals surface area contributed by atoms with Gasteiger partial charge in [-0.3, -0.25) is 0 Å². The number of hydrogen-bond donors (Lipinski definition) is 1. The van der Waals surface area contributed by atoms with Crippen LogP contribution in [0.1, 0.15) is 5.56 Å². The van der Waals surface area contributed by atoms with Gasteiger partial charge in [0, 0.05) is 11.6 Å². The van der Waals surface area contributed by atoms with Gasteiger partial charge in [-0.05, 0) is 51.8 Å². The number of hydrogen-bond acceptors (Lipinski definition) is 2. The van der Waals surface area contributed by atoms with Crippen molar-refractivity contribution in [3.8, 4) is 11.5 Å². The first-order valence-electron chi connectivity index (χ1n) is 5.21. The van der Waals surface area contributed by atoms with Crippen LogP contribution in [0.4, 0.5) is 4.39 Å². The number of rotatable bonds is 3. The van der Waals surface area contributed by atoms with E-state index in [4.69, 9.17) is 22.1 Å². The summed E-state index contributed by atoms with van der Waals surface area (Å²) in [5, 5.41) is 0.549. The molecule has 5 heteroatoms. The van der Waals surface area contributed by atoms with E-state index in [9.17, 15) is 4.39 Å². The van der Waals surface area contributed by atoms with Crippen LogP contribution in [0.3, 0.4) is 0 Å². The molecule has 0 spiro atoms. The van der Waals surface area contributed by atoms with Gasteiger partial charge in [-0.25, -0.2) is 4.39 Å². The molecule has 94 valence electrons. The molecule has 0 heterocycles. The molecular weight excluding hydrogens is 321 g/mol. The minimum Gasteiger partial charge on any atom is -0.456 e. The van der Waals surface area contributed by atoms with Crippen molar-refractivity contribution in [1.82, 2.24) is 0 Å². The molecule has 0 aromatic heterocycles.